The van der Waals surface area contributed by atoms with Crippen molar-refractivity contribution >= 4 is 11.6 Å². The highest BCUT2D eigenvalue weighted by Crippen LogP contribution is 2.18. The van der Waals surface area contributed by atoms with Crippen molar-refractivity contribution in [3.63, 3.8) is 0 Å². The third kappa shape index (κ3) is 3.64. The molecule has 1 rings (SSSR count). The SMILES string of the molecule is CC(C)(C)OCc1ccc(F)c(Cl)c1. The Morgan fingerprint density at radius 2 is 2.00 bits per heavy atom. The van der Waals surface area contributed by atoms with Crippen LogP contribution in [0, 0.1) is 5.82 Å². The van der Waals surface area contributed by atoms with Gasteiger partial charge >= 0.3 is 0 Å². The minimum Gasteiger partial charge on any atom is -0.371 e. The molecule has 0 aromatic heterocycles. The molecule has 0 N–H and O–H groups in total. The Labute approximate surface area is 88.8 Å². The van der Waals surface area contributed by atoms with Crippen LogP contribution in [0.15, 0.2) is 18.2 Å². The van der Waals surface area contributed by atoms with E-state index < -0.39 is 5.82 Å². The first-order valence-corrected chi connectivity index (χ1v) is 4.84. The Hall–Kier alpha value is -0.600. The van der Waals surface area contributed by atoms with Crippen molar-refractivity contribution < 1.29 is 9.13 Å². The number of halogens is 2. The lowest BCUT2D eigenvalue weighted by Crippen LogP contribution is -2.18. The summed E-state index contributed by atoms with van der Waals surface area (Å²) in [5.41, 5.74) is 0.687. The molecule has 0 spiro atoms. The molecule has 0 saturated carbocycles. The molecule has 0 radical (unpaired) electrons. The Balaban J connectivity index is 2.65. The van der Waals surface area contributed by atoms with Crippen LogP contribution in [0.5, 0.6) is 0 Å². The van der Waals surface area contributed by atoms with E-state index in [1.165, 1.54) is 6.07 Å². The molecule has 3 heteroatoms. The molecular formula is C11H14ClFO. The smallest absolute Gasteiger partial charge is 0.141 e. The van der Waals surface area contributed by atoms with E-state index in [-0.39, 0.29) is 10.6 Å². The summed E-state index contributed by atoms with van der Waals surface area (Å²) in [7, 11) is 0. The Morgan fingerprint density at radius 1 is 1.36 bits per heavy atom. The predicted octanol–water partition coefficient (Wildman–Crippen LogP) is 3.79. The molecule has 1 aromatic rings. The first-order valence-electron chi connectivity index (χ1n) is 4.46. The molecule has 0 aliphatic heterocycles. The van der Waals surface area contributed by atoms with Gasteiger partial charge in [-0.2, -0.15) is 0 Å². The molecular weight excluding hydrogens is 203 g/mol. The van der Waals surface area contributed by atoms with Gasteiger partial charge in [-0.05, 0) is 38.5 Å². The van der Waals surface area contributed by atoms with Gasteiger partial charge in [-0.15, -0.1) is 0 Å². The van der Waals surface area contributed by atoms with E-state index in [4.69, 9.17) is 16.3 Å². The van der Waals surface area contributed by atoms with Crippen LogP contribution in [0.1, 0.15) is 26.3 Å². The largest absolute Gasteiger partial charge is 0.371 e. The fourth-order valence-corrected chi connectivity index (χ4v) is 1.13. The topological polar surface area (TPSA) is 9.23 Å². The highest BCUT2D eigenvalue weighted by atomic mass is 35.5. The molecule has 0 bridgehead atoms. The van der Waals surface area contributed by atoms with Crippen LogP contribution in [0.3, 0.4) is 0 Å². The number of ether oxygens (including phenoxy) is 1. The summed E-state index contributed by atoms with van der Waals surface area (Å²) < 4.78 is 18.3. The summed E-state index contributed by atoms with van der Waals surface area (Å²) in [6.07, 6.45) is 0. The molecule has 0 atom stereocenters. The van der Waals surface area contributed by atoms with Crippen LogP contribution in [-0.2, 0) is 11.3 Å². The monoisotopic (exact) mass is 216 g/mol. The van der Waals surface area contributed by atoms with Gasteiger partial charge in [0.15, 0.2) is 0 Å². The quantitative estimate of drug-likeness (QED) is 0.731. The molecule has 1 aromatic carbocycles. The molecule has 0 fully saturated rings. The lowest BCUT2D eigenvalue weighted by Gasteiger charge is -2.19. The number of hydrogen-bond acceptors (Lipinski definition) is 1. The van der Waals surface area contributed by atoms with Crippen molar-refractivity contribution in [2.75, 3.05) is 0 Å². The summed E-state index contributed by atoms with van der Waals surface area (Å²) in [5, 5.41) is 0.139. The van der Waals surface area contributed by atoms with Crippen molar-refractivity contribution in [1.29, 1.82) is 0 Å². The van der Waals surface area contributed by atoms with Crippen molar-refractivity contribution in [3.05, 3.63) is 34.6 Å². The second kappa shape index (κ2) is 4.28. The zero-order valence-corrected chi connectivity index (χ0v) is 9.36. The van der Waals surface area contributed by atoms with Gasteiger partial charge in [0.05, 0.1) is 17.2 Å². The summed E-state index contributed by atoms with van der Waals surface area (Å²) in [6, 6.07) is 4.61. The van der Waals surface area contributed by atoms with Gasteiger partial charge in [0.1, 0.15) is 5.82 Å². The molecule has 14 heavy (non-hydrogen) atoms. The predicted molar refractivity (Wildman–Crippen MR) is 56.0 cm³/mol. The summed E-state index contributed by atoms with van der Waals surface area (Å²) in [4.78, 5) is 0. The maximum Gasteiger partial charge on any atom is 0.141 e. The molecule has 78 valence electrons. The van der Waals surface area contributed by atoms with Gasteiger partial charge in [-0.1, -0.05) is 17.7 Å². The van der Waals surface area contributed by atoms with Crippen LogP contribution < -0.4 is 0 Å². The van der Waals surface area contributed by atoms with Crippen molar-refractivity contribution in [1.82, 2.24) is 0 Å². The zero-order valence-electron chi connectivity index (χ0n) is 8.60. The van der Waals surface area contributed by atoms with Gasteiger partial charge in [-0.3, -0.25) is 0 Å². The molecule has 0 unspecified atom stereocenters. The number of rotatable bonds is 2. The number of benzene rings is 1. The maximum absolute atomic E-state index is 12.8. The van der Waals surface area contributed by atoms with Crippen molar-refractivity contribution in [3.8, 4) is 0 Å². The first kappa shape index (κ1) is 11.5. The van der Waals surface area contributed by atoms with Crippen molar-refractivity contribution in [2.24, 2.45) is 0 Å². The van der Waals surface area contributed by atoms with E-state index in [0.717, 1.165) is 5.56 Å². The lowest BCUT2D eigenvalue weighted by molar-refractivity contribution is -0.0149. The van der Waals surface area contributed by atoms with E-state index in [2.05, 4.69) is 0 Å². The van der Waals surface area contributed by atoms with E-state index in [9.17, 15) is 4.39 Å². The van der Waals surface area contributed by atoms with Crippen molar-refractivity contribution in [2.45, 2.75) is 33.0 Å². The van der Waals surface area contributed by atoms with E-state index in [1.54, 1.807) is 12.1 Å². The molecule has 0 aliphatic carbocycles. The molecule has 0 aliphatic rings. The van der Waals surface area contributed by atoms with Gasteiger partial charge in [0, 0.05) is 0 Å². The third-order valence-corrected chi connectivity index (χ3v) is 1.95. The number of hydrogen-bond donors (Lipinski definition) is 0. The van der Waals surface area contributed by atoms with Gasteiger partial charge in [0.2, 0.25) is 0 Å². The van der Waals surface area contributed by atoms with Crippen LogP contribution >= 0.6 is 11.6 Å². The van der Waals surface area contributed by atoms with E-state index in [1.807, 2.05) is 20.8 Å². The second-order valence-electron chi connectivity index (χ2n) is 4.15. The standard InChI is InChI=1S/C11H14ClFO/c1-11(2,3)14-7-8-4-5-10(13)9(12)6-8/h4-6H,7H2,1-3H3. The van der Waals surface area contributed by atoms with Crippen LogP contribution in [-0.4, -0.2) is 5.60 Å². The molecule has 0 saturated heterocycles. The molecule has 1 nitrogen and oxygen atoms in total. The highest BCUT2D eigenvalue weighted by Gasteiger charge is 2.10. The second-order valence-corrected chi connectivity index (χ2v) is 4.56. The Bertz CT molecular complexity index is 318. The molecule has 0 amide bonds. The average molecular weight is 217 g/mol. The van der Waals surface area contributed by atoms with Gasteiger partial charge < -0.3 is 4.74 Å². The third-order valence-electron chi connectivity index (χ3n) is 1.66. The van der Waals surface area contributed by atoms with Crippen LogP contribution in [0.4, 0.5) is 4.39 Å². The average Bonchev–Trinajstić information content (AvgIpc) is 2.06. The fourth-order valence-electron chi connectivity index (χ4n) is 0.929. The summed E-state index contributed by atoms with van der Waals surface area (Å²) in [5.74, 6) is -0.397. The van der Waals surface area contributed by atoms with Crippen LogP contribution in [0.2, 0.25) is 5.02 Å². The molecule has 0 heterocycles. The lowest BCUT2D eigenvalue weighted by atomic mass is 10.2. The Kier molecular flexibility index (Phi) is 3.51. The zero-order chi connectivity index (χ0) is 10.8. The normalized spacial score (nSPS) is 11.8. The van der Waals surface area contributed by atoms with Gasteiger partial charge in [-0.25, -0.2) is 4.39 Å². The van der Waals surface area contributed by atoms with Crippen LogP contribution in [0.25, 0.3) is 0 Å². The Morgan fingerprint density at radius 3 is 2.50 bits per heavy atom. The minimum absolute atomic E-state index is 0.139. The fraction of sp³-hybridized carbons (Fsp3) is 0.455. The van der Waals surface area contributed by atoms with E-state index in [0.29, 0.717) is 6.61 Å². The highest BCUT2D eigenvalue weighted by molar-refractivity contribution is 6.30. The van der Waals surface area contributed by atoms with E-state index >= 15 is 0 Å². The maximum atomic E-state index is 12.8. The van der Waals surface area contributed by atoms with Gasteiger partial charge in [0.25, 0.3) is 0 Å². The first-order chi connectivity index (χ1) is 6.38. The summed E-state index contributed by atoms with van der Waals surface area (Å²) >= 11 is 5.63. The summed E-state index contributed by atoms with van der Waals surface area (Å²) in [6.45, 7) is 6.36. The minimum atomic E-state index is -0.397.